The number of ether oxygens (including phenoxy) is 2. The molecule has 2 N–H and O–H groups in total. The van der Waals surface area contributed by atoms with Crippen LogP contribution in [0.15, 0.2) is 65.8 Å². The van der Waals surface area contributed by atoms with Crippen molar-refractivity contribution in [2.24, 2.45) is 5.92 Å². The van der Waals surface area contributed by atoms with E-state index in [0.29, 0.717) is 19.1 Å². The number of nitrogens with zero attached hydrogens (tertiary/aromatic N) is 3. The van der Waals surface area contributed by atoms with E-state index in [1.807, 2.05) is 50.3 Å². The summed E-state index contributed by atoms with van der Waals surface area (Å²) in [5.74, 6) is -0.787. The predicted octanol–water partition coefficient (Wildman–Crippen LogP) is 6.05. The standard InChI is InChI=1S/C37H53N3O6/c1-27(32-14-7-8-21-38-32)12-11-13-28(2)35-29(3)15-16-33(37(4,44)20-17-31(41)26-34(42)46-35)45-36(43)40-24-18-30(19-25-40)39-22-9-5-6-10-23-39/h7-8,11-15,21,27,29-31,35,41,44H,5-6,9-10,17-20,22-26H2,1-4H3/b12-11+,28-13+/t16?,27-,29+,31-,35-,37-/m1/s1. The smallest absolute Gasteiger partial charge is 0.415 e. The Morgan fingerprint density at radius 3 is 2.54 bits per heavy atom. The highest BCUT2D eigenvalue weighted by atomic mass is 16.6. The minimum Gasteiger partial charge on any atom is -0.457 e. The second kappa shape index (κ2) is 17.1. The van der Waals surface area contributed by atoms with E-state index in [0.717, 1.165) is 37.2 Å². The fraction of sp³-hybridized carbons (Fsp3) is 0.622. The average Bonchev–Trinajstić information content (AvgIpc) is 3.34. The van der Waals surface area contributed by atoms with Gasteiger partial charge in [0.15, 0.2) is 5.76 Å². The molecular formula is C37H53N3O6. The Morgan fingerprint density at radius 2 is 1.87 bits per heavy atom. The van der Waals surface area contributed by atoms with E-state index in [-0.39, 0.29) is 36.9 Å². The second-order valence-electron chi connectivity index (χ2n) is 13.5. The van der Waals surface area contributed by atoms with Crippen molar-refractivity contribution in [2.75, 3.05) is 26.2 Å². The maximum absolute atomic E-state index is 13.4. The molecule has 0 spiro atoms. The number of hydrogen-bond acceptors (Lipinski definition) is 8. The maximum Gasteiger partial charge on any atom is 0.415 e. The lowest BCUT2D eigenvalue weighted by molar-refractivity contribution is -0.151. The normalized spacial score (nSPS) is 28.9. The number of aliphatic hydroxyl groups is 2. The summed E-state index contributed by atoms with van der Waals surface area (Å²) >= 11 is 0. The Hall–Kier alpha value is -3.23. The first-order valence-corrected chi connectivity index (χ1v) is 17.1. The molecule has 9 nitrogen and oxygen atoms in total. The average molecular weight is 636 g/mol. The van der Waals surface area contributed by atoms with Crippen molar-refractivity contribution >= 4 is 12.1 Å². The molecule has 4 rings (SSSR count). The van der Waals surface area contributed by atoms with Crippen molar-refractivity contribution in [1.82, 2.24) is 14.8 Å². The van der Waals surface area contributed by atoms with Crippen LogP contribution in [-0.4, -0.2) is 87.1 Å². The van der Waals surface area contributed by atoms with Crippen LogP contribution in [0.25, 0.3) is 0 Å². The number of pyridine rings is 1. The van der Waals surface area contributed by atoms with E-state index >= 15 is 0 Å². The molecule has 46 heavy (non-hydrogen) atoms. The van der Waals surface area contributed by atoms with Gasteiger partial charge in [-0.05, 0) is 89.2 Å². The molecule has 5 atom stereocenters. The first kappa shape index (κ1) is 35.6. The number of carbonyl (C=O) groups is 2. The predicted molar refractivity (Wildman–Crippen MR) is 178 cm³/mol. The highest BCUT2D eigenvalue weighted by molar-refractivity contribution is 5.70. The van der Waals surface area contributed by atoms with Gasteiger partial charge in [-0.2, -0.15) is 0 Å². The highest BCUT2D eigenvalue weighted by Crippen LogP contribution is 2.29. The fourth-order valence-electron chi connectivity index (χ4n) is 6.49. The van der Waals surface area contributed by atoms with Gasteiger partial charge in [0.05, 0.1) is 12.5 Å². The quantitative estimate of drug-likeness (QED) is 0.221. The summed E-state index contributed by atoms with van der Waals surface area (Å²) in [4.78, 5) is 34.9. The van der Waals surface area contributed by atoms with E-state index in [4.69, 9.17) is 9.47 Å². The van der Waals surface area contributed by atoms with Gasteiger partial charge in [-0.1, -0.05) is 56.7 Å². The first-order valence-electron chi connectivity index (χ1n) is 17.1. The number of cyclic esters (lactones) is 1. The molecule has 0 aromatic carbocycles. The van der Waals surface area contributed by atoms with Gasteiger partial charge in [0.2, 0.25) is 0 Å². The van der Waals surface area contributed by atoms with Gasteiger partial charge in [-0.15, -0.1) is 0 Å². The van der Waals surface area contributed by atoms with Gasteiger partial charge in [0, 0.05) is 42.9 Å². The van der Waals surface area contributed by atoms with Crippen molar-refractivity contribution in [3.63, 3.8) is 0 Å². The molecule has 9 heteroatoms. The Morgan fingerprint density at radius 1 is 1.15 bits per heavy atom. The molecule has 2 fully saturated rings. The van der Waals surface area contributed by atoms with Crippen molar-refractivity contribution in [2.45, 2.75) is 115 Å². The zero-order valence-corrected chi connectivity index (χ0v) is 28.1. The number of piperidine rings is 1. The van der Waals surface area contributed by atoms with Gasteiger partial charge >= 0.3 is 12.1 Å². The molecule has 3 aliphatic heterocycles. The summed E-state index contributed by atoms with van der Waals surface area (Å²) in [5.41, 5.74) is 3.24. The molecule has 0 unspecified atom stereocenters. The monoisotopic (exact) mass is 635 g/mol. The molecule has 0 bridgehead atoms. The number of aliphatic hydroxyl groups excluding tert-OH is 1. The van der Waals surface area contributed by atoms with Crippen molar-refractivity contribution in [1.29, 1.82) is 0 Å². The zero-order chi connectivity index (χ0) is 33.1. The highest BCUT2D eigenvalue weighted by Gasteiger charge is 2.35. The number of hydrogen-bond donors (Lipinski definition) is 2. The van der Waals surface area contributed by atoms with Gasteiger partial charge in [-0.25, -0.2) is 4.79 Å². The summed E-state index contributed by atoms with van der Waals surface area (Å²) in [6.07, 6.45) is 14.0. The van der Waals surface area contributed by atoms with Gasteiger partial charge in [0.25, 0.3) is 0 Å². The Balaban J connectivity index is 1.50. The number of aromatic nitrogens is 1. The summed E-state index contributed by atoms with van der Waals surface area (Å²) < 4.78 is 11.7. The number of likely N-dealkylation sites (tertiary alicyclic amines) is 2. The van der Waals surface area contributed by atoms with Crippen LogP contribution in [0.2, 0.25) is 0 Å². The largest absolute Gasteiger partial charge is 0.457 e. The van der Waals surface area contributed by atoms with E-state index in [1.54, 1.807) is 24.1 Å². The lowest BCUT2D eigenvalue weighted by atomic mass is 9.93. The van der Waals surface area contributed by atoms with Crippen LogP contribution in [0, 0.1) is 5.92 Å². The molecule has 2 saturated heterocycles. The zero-order valence-electron chi connectivity index (χ0n) is 28.1. The molecule has 4 heterocycles. The minimum absolute atomic E-state index is 0.00237. The van der Waals surface area contributed by atoms with E-state index in [1.165, 1.54) is 25.7 Å². The number of amides is 1. The van der Waals surface area contributed by atoms with E-state index in [9.17, 15) is 19.8 Å². The van der Waals surface area contributed by atoms with Crippen LogP contribution in [0.3, 0.4) is 0 Å². The number of esters is 1. The van der Waals surface area contributed by atoms with Crippen LogP contribution in [-0.2, 0) is 14.3 Å². The van der Waals surface area contributed by atoms with Crippen molar-refractivity contribution in [3.8, 4) is 0 Å². The first-order chi connectivity index (χ1) is 22.0. The fourth-order valence-corrected chi connectivity index (χ4v) is 6.49. The summed E-state index contributed by atoms with van der Waals surface area (Å²) in [7, 11) is 0. The molecule has 0 saturated carbocycles. The molecule has 252 valence electrons. The summed E-state index contributed by atoms with van der Waals surface area (Å²) in [6, 6.07) is 6.30. The Labute approximate surface area is 274 Å². The number of allylic oxidation sites excluding steroid dienone is 3. The second-order valence-corrected chi connectivity index (χ2v) is 13.5. The maximum atomic E-state index is 13.4. The minimum atomic E-state index is -1.58. The summed E-state index contributed by atoms with van der Waals surface area (Å²) in [5, 5.41) is 22.1. The van der Waals surface area contributed by atoms with Gasteiger partial charge in [0.1, 0.15) is 11.7 Å². The Bertz CT molecular complexity index is 1270. The van der Waals surface area contributed by atoms with E-state index in [2.05, 4.69) is 22.5 Å². The van der Waals surface area contributed by atoms with Crippen LogP contribution in [0.4, 0.5) is 4.79 Å². The third kappa shape index (κ3) is 10.4. The molecule has 0 aliphatic carbocycles. The Kier molecular flexibility index (Phi) is 13.2. The molecule has 1 aromatic rings. The van der Waals surface area contributed by atoms with Crippen LogP contribution in [0.5, 0.6) is 0 Å². The van der Waals surface area contributed by atoms with Crippen LogP contribution < -0.4 is 0 Å². The number of rotatable bonds is 6. The SMILES string of the molecule is C/C(=C\C=C\[C@@H](C)c1ccccn1)[C@H]1OC(=O)C[C@H](O)CC[C@@](C)(O)C(OC(=O)N2CCC(N3CCCCCC3)CC2)=C=C[C@@H]1C. The molecule has 0 radical (unpaired) electrons. The van der Waals surface area contributed by atoms with E-state index < -0.39 is 29.9 Å². The van der Waals surface area contributed by atoms with Gasteiger partial charge in [-0.3, -0.25) is 9.78 Å². The van der Waals surface area contributed by atoms with Gasteiger partial charge < -0.3 is 29.5 Å². The topological polar surface area (TPSA) is 112 Å². The van der Waals surface area contributed by atoms with Crippen LogP contribution >= 0.6 is 0 Å². The molecule has 1 aromatic heterocycles. The summed E-state index contributed by atoms with van der Waals surface area (Å²) in [6.45, 7) is 10.8. The molecule has 3 aliphatic rings. The number of carbonyl (C=O) groups excluding carboxylic acids is 2. The lowest BCUT2D eigenvalue weighted by Gasteiger charge is -2.38. The van der Waals surface area contributed by atoms with Crippen molar-refractivity contribution < 1.29 is 29.3 Å². The third-order valence-corrected chi connectivity index (χ3v) is 9.50. The van der Waals surface area contributed by atoms with Crippen LogP contribution in [0.1, 0.15) is 97.1 Å². The van der Waals surface area contributed by atoms with Crippen molar-refractivity contribution in [3.05, 3.63) is 71.5 Å². The third-order valence-electron chi connectivity index (χ3n) is 9.50. The molecular weight excluding hydrogens is 582 g/mol. The molecule has 1 amide bonds. The lowest BCUT2D eigenvalue weighted by Crippen LogP contribution is -2.47.